The molecule has 112 valence electrons. The molecule has 0 aliphatic carbocycles. The molecule has 0 saturated carbocycles. The molecule has 0 amide bonds. The smallest absolute Gasteiger partial charge is 0.120 e. The minimum Gasteiger partial charge on any atom is -0.497 e. The molecule has 0 heterocycles. The van der Waals surface area contributed by atoms with E-state index in [0.717, 1.165) is 30.1 Å². The van der Waals surface area contributed by atoms with Gasteiger partial charge in [-0.3, -0.25) is 4.90 Å². The molecule has 21 heavy (non-hydrogen) atoms. The van der Waals surface area contributed by atoms with Crippen LogP contribution in [0.5, 0.6) is 5.75 Å². The topological polar surface area (TPSA) is 38.5 Å². The molecule has 0 radical (unpaired) electrons. The van der Waals surface area contributed by atoms with E-state index in [0.29, 0.717) is 6.04 Å². The second-order valence-corrected chi connectivity index (χ2v) is 5.55. The van der Waals surface area contributed by atoms with Crippen molar-refractivity contribution in [2.75, 3.05) is 12.8 Å². The monoisotopic (exact) mass is 284 g/mol. The summed E-state index contributed by atoms with van der Waals surface area (Å²) in [5, 5.41) is 0. The van der Waals surface area contributed by atoms with Gasteiger partial charge >= 0.3 is 0 Å². The average molecular weight is 284 g/mol. The van der Waals surface area contributed by atoms with Crippen LogP contribution in [0.1, 0.15) is 25.0 Å². The molecule has 0 aliphatic rings. The summed E-state index contributed by atoms with van der Waals surface area (Å²) in [4.78, 5) is 2.41. The zero-order valence-electron chi connectivity index (χ0n) is 13.0. The summed E-state index contributed by atoms with van der Waals surface area (Å²) in [6.45, 7) is 6.18. The summed E-state index contributed by atoms with van der Waals surface area (Å²) in [5.74, 6) is 0.801. The SMILES string of the molecule is COc1ccc(CN(Cc2ccccc2)C(C)C)c(N)c1. The van der Waals surface area contributed by atoms with Crippen LogP contribution in [0.15, 0.2) is 48.5 Å². The van der Waals surface area contributed by atoms with Crippen molar-refractivity contribution in [3.8, 4) is 5.75 Å². The van der Waals surface area contributed by atoms with Crippen LogP contribution >= 0.6 is 0 Å². The summed E-state index contributed by atoms with van der Waals surface area (Å²) < 4.78 is 5.20. The van der Waals surface area contributed by atoms with Crippen LogP contribution in [-0.4, -0.2) is 18.1 Å². The highest BCUT2D eigenvalue weighted by molar-refractivity contribution is 5.51. The molecule has 2 aromatic rings. The lowest BCUT2D eigenvalue weighted by molar-refractivity contribution is 0.204. The zero-order chi connectivity index (χ0) is 15.2. The third-order valence-electron chi connectivity index (χ3n) is 3.69. The van der Waals surface area contributed by atoms with E-state index in [1.165, 1.54) is 5.56 Å². The molecule has 0 unspecified atom stereocenters. The van der Waals surface area contributed by atoms with E-state index in [4.69, 9.17) is 10.5 Å². The third kappa shape index (κ3) is 4.23. The lowest BCUT2D eigenvalue weighted by Gasteiger charge is -2.27. The van der Waals surface area contributed by atoms with Crippen LogP contribution in [0.3, 0.4) is 0 Å². The molecule has 3 nitrogen and oxygen atoms in total. The number of nitrogens with two attached hydrogens (primary N) is 1. The van der Waals surface area contributed by atoms with Crippen molar-refractivity contribution in [1.29, 1.82) is 0 Å². The molecule has 0 fully saturated rings. The van der Waals surface area contributed by atoms with Gasteiger partial charge < -0.3 is 10.5 Å². The van der Waals surface area contributed by atoms with Gasteiger partial charge in [0.1, 0.15) is 5.75 Å². The molecule has 0 bridgehead atoms. The van der Waals surface area contributed by atoms with E-state index in [1.54, 1.807) is 7.11 Å². The zero-order valence-corrected chi connectivity index (χ0v) is 13.0. The van der Waals surface area contributed by atoms with Gasteiger partial charge in [-0.1, -0.05) is 36.4 Å². The minimum absolute atomic E-state index is 0.451. The van der Waals surface area contributed by atoms with E-state index in [2.05, 4.69) is 49.1 Å². The fourth-order valence-corrected chi connectivity index (χ4v) is 2.30. The molecule has 2 N–H and O–H groups in total. The van der Waals surface area contributed by atoms with Crippen LogP contribution in [0.25, 0.3) is 0 Å². The molecule has 3 heteroatoms. The van der Waals surface area contributed by atoms with Crippen LogP contribution in [-0.2, 0) is 13.1 Å². The van der Waals surface area contributed by atoms with Crippen molar-refractivity contribution in [3.63, 3.8) is 0 Å². The maximum atomic E-state index is 6.13. The fraction of sp³-hybridized carbons (Fsp3) is 0.333. The van der Waals surface area contributed by atoms with Crippen LogP contribution in [0.4, 0.5) is 5.69 Å². The Morgan fingerprint density at radius 3 is 2.33 bits per heavy atom. The number of nitrogen functional groups attached to an aromatic ring is 1. The third-order valence-corrected chi connectivity index (χ3v) is 3.69. The Kier molecular flexibility index (Phi) is 5.23. The normalized spacial score (nSPS) is 11.1. The predicted octanol–water partition coefficient (Wildman–Crippen LogP) is 3.69. The highest BCUT2D eigenvalue weighted by Gasteiger charge is 2.12. The molecule has 0 aromatic heterocycles. The number of methoxy groups -OCH3 is 1. The lowest BCUT2D eigenvalue weighted by Crippen LogP contribution is -2.30. The number of hydrogen-bond acceptors (Lipinski definition) is 3. The minimum atomic E-state index is 0.451. The van der Waals surface area contributed by atoms with E-state index < -0.39 is 0 Å². The number of anilines is 1. The van der Waals surface area contributed by atoms with Crippen molar-refractivity contribution in [2.45, 2.75) is 33.0 Å². The quantitative estimate of drug-likeness (QED) is 0.822. The first-order valence-corrected chi connectivity index (χ1v) is 7.30. The Bertz CT molecular complexity index is 567. The Morgan fingerprint density at radius 1 is 1.05 bits per heavy atom. The summed E-state index contributed by atoms with van der Waals surface area (Å²) in [6.07, 6.45) is 0. The van der Waals surface area contributed by atoms with E-state index in [1.807, 2.05) is 18.2 Å². The molecule has 2 rings (SSSR count). The maximum absolute atomic E-state index is 6.13. The Labute approximate surface area is 127 Å². The Morgan fingerprint density at radius 2 is 1.76 bits per heavy atom. The highest BCUT2D eigenvalue weighted by Crippen LogP contribution is 2.22. The van der Waals surface area contributed by atoms with Crippen molar-refractivity contribution in [1.82, 2.24) is 4.90 Å². The second-order valence-electron chi connectivity index (χ2n) is 5.55. The Hall–Kier alpha value is -2.00. The van der Waals surface area contributed by atoms with Gasteiger partial charge in [0.15, 0.2) is 0 Å². The summed E-state index contributed by atoms with van der Waals surface area (Å²) >= 11 is 0. The molecule has 0 atom stereocenters. The Balaban J connectivity index is 2.13. The maximum Gasteiger partial charge on any atom is 0.120 e. The number of benzene rings is 2. The van der Waals surface area contributed by atoms with Crippen LogP contribution in [0.2, 0.25) is 0 Å². The first-order valence-electron chi connectivity index (χ1n) is 7.30. The highest BCUT2D eigenvalue weighted by atomic mass is 16.5. The molecule has 2 aromatic carbocycles. The molecule has 0 aliphatic heterocycles. The second kappa shape index (κ2) is 7.14. The van der Waals surface area contributed by atoms with Crippen LogP contribution in [0, 0.1) is 0 Å². The first kappa shape index (κ1) is 15.4. The first-order chi connectivity index (χ1) is 10.1. The van der Waals surface area contributed by atoms with Crippen molar-refractivity contribution in [2.24, 2.45) is 0 Å². The standard InChI is InChI=1S/C18H24N2O/c1-14(2)20(12-15-7-5-4-6-8-15)13-16-9-10-17(21-3)11-18(16)19/h4-11,14H,12-13,19H2,1-3H3. The van der Waals surface area contributed by atoms with Gasteiger partial charge in [-0.25, -0.2) is 0 Å². The lowest BCUT2D eigenvalue weighted by atomic mass is 10.1. The summed E-state index contributed by atoms with van der Waals surface area (Å²) in [7, 11) is 1.66. The van der Waals surface area contributed by atoms with Gasteiger partial charge in [-0.05, 0) is 31.0 Å². The van der Waals surface area contributed by atoms with Gasteiger partial charge in [0.05, 0.1) is 7.11 Å². The summed E-state index contributed by atoms with van der Waals surface area (Å²) in [5.41, 5.74) is 9.37. The fourth-order valence-electron chi connectivity index (χ4n) is 2.30. The van der Waals surface area contributed by atoms with Crippen LogP contribution < -0.4 is 10.5 Å². The van der Waals surface area contributed by atoms with E-state index in [9.17, 15) is 0 Å². The van der Waals surface area contributed by atoms with Gasteiger partial charge in [0.25, 0.3) is 0 Å². The largest absolute Gasteiger partial charge is 0.497 e. The molecule has 0 spiro atoms. The van der Waals surface area contributed by atoms with Gasteiger partial charge in [-0.2, -0.15) is 0 Å². The van der Waals surface area contributed by atoms with E-state index >= 15 is 0 Å². The van der Waals surface area contributed by atoms with Gasteiger partial charge in [0, 0.05) is 30.9 Å². The number of hydrogen-bond donors (Lipinski definition) is 1. The van der Waals surface area contributed by atoms with Crippen molar-refractivity contribution in [3.05, 3.63) is 59.7 Å². The number of rotatable bonds is 6. The summed E-state index contributed by atoms with van der Waals surface area (Å²) in [6, 6.07) is 16.9. The molecular weight excluding hydrogens is 260 g/mol. The average Bonchev–Trinajstić information content (AvgIpc) is 2.49. The van der Waals surface area contributed by atoms with E-state index in [-0.39, 0.29) is 0 Å². The van der Waals surface area contributed by atoms with Gasteiger partial charge in [0.2, 0.25) is 0 Å². The number of nitrogens with zero attached hydrogens (tertiary/aromatic N) is 1. The van der Waals surface area contributed by atoms with Gasteiger partial charge in [-0.15, -0.1) is 0 Å². The predicted molar refractivity (Wildman–Crippen MR) is 88.2 cm³/mol. The molecule has 0 saturated heterocycles. The molecular formula is C18H24N2O. The van der Waals surface area contributed by atoms with Crippen molar-refractivity contribution >= 4 is 5.69 Å². The van der Waals surface area contributed by atoms with Crippen molar-refractivity contribution < 1.29 is 4.74 Å². The number of ether oxygens (including phenoxy) is 1.